The van der Waals surface area contributed by atoms with Crippen molar-refractivity contribution in [2.75, 3.05) is 13.1 Å². The molecule has 1 amide bonds. The number of hydrogen-bond donors (Lipinski definition) is 1. The van der Waals surface area contributed by atoms with E-state index in [2.05, 4.69) is 15.9 Å². The third kappa shape index (κ3) is 2.39. The molecule has 2 rings (SSSR count). The van der Waals surface area contributed by atoms with Gasteiger partial charge in [0.1, 0.15) is 0 Å². The normalized spacial score (nSPS) is 20.2. The van der Waals surface area contributed by atoms with Crippen molar-refractivity contribution >= 4 is 33.4 Å². The second kappa shape index (κ2) is 4.73. The van der Waals surface area contributed by atoms with Crippen molar-refractivity contribution in [2.24, 2.45) is 0 Å². The second-order valence-electron chi connectivity index (χ2n) is 3.82. The average Bonchev–Trinajstić information content (AvgIpc) is 2.68. The fraction of sp³-hybridized carbons (Fsp3) is 0.364. The molecule has 3 nitrogen and oxygen atoms in total. The molecule has 0 radical (unpaired) electrons. The zero-order chi connectivity index (χ0) is 11.7. The second-order valence-corrected chi connectivity index (χ2v) is 5.08. The zero-order valence-corrected chi connectivity index (χ0v) is 10.8. The Kier molecular flexibility index (Phi) is 3.52. The van der Waals surface area contributed by atoms with Gasteiger partial charge >= 0.3 is 0 Å². The first kappa shape index (κ1) is 11.9. The van der Waals surface area contributed by atoms with E-state index in [0.29, 0.717) is 30.1 Å². The Morgan fingerprint density at radius 2 is 2.31 bits per heavy atom. The SMILES string of the molecule is O=C(c1ccc(Br)c(Cl)c1)N1CCC(O)C1. The third-order valence-electron chi connectivity index (χ3n) is 2.62. The maximum Gasteiger partial charge on any atom is 0.253 e. The summed E-state index contributed by atoms with van der Waals surface area (Å²) in [6.07, 6.45) is 0.255. The monoisotopic (exact) mass is 303 g/mol. The smallest absolute Gasteiger partial charge is 0.253 e. The molecule has 5 heteroatoms. The Balaban J connectivity index is 2.18. The minimum atomic E-state index is -0.394. The summed E-state index contributed by atoms with van der Waals surface area (Å²) >= 11 is 9.20. The number of likely N-dealkylation sites (tertiary alicyclic amines) is 1. The number of nitrogens with zero attached hydrogens (tertiary/aromatic N) is 1. The number of amides is 1. The van der Waals surface area contributed by atoms with Crippen molar-refractivity contribution in [2.45, 2.75) is 12.5 Å². The van der Waals surface area contributed by atoms with Crippen LogP contribution in [0.3, 0.4) is 0 Å². The summed E-state index contributed by atoms with van der Waals surface area (Å²) in [6, 6.07) is 5.11. The van der Waals surface area contributed by atoms with Gasteiger partial charge in [0.25, 0.3) is 5.91 Å². The molecule has 1 fully saturated rings. The van der Waals surface area contributed by atoms with Gasteiger partial charge < -0.3 is 10.0 Å². The molecule has 16 heavy (non-hydrogen) atoms. The molecular weight excluding hydrogens is 293 g/mol. The van der Waals surface area contributed by atoms with Crippen molar-refractivity contribution in [3.05, 3.63) is 33.3 Å². The standard InChI is InChI=1S/C11H11BrClNO2/c12-9-2-1-7(5-10(9)13)11(16)14-4-3-8(15)6-14/h1-2,5,8,15H,3-4,6H2. The van der Waals surface area contributed by atoms with Crippen LogP contribution in [0.4, 0.5) is 0 Å². The fourth-order valence-electron chi connectivity index (χ4n) is 1.74. The number of aliphatic hydroxyl groups is 1. The predicted octanol–water partition coefficient (Wildman–Crippen LogP) is 2.31. The third-order valence-corrected chi connectivity index (χ3v) is 3.85. The van der Waals surface area contributed by atoms with Crippen LogP contribution in [-0.4, -0.2) is 35.1 Å². The summed E-state index contributed by atoms with van der Waals surface area (Å²) in [7, 11) is 0. The predicted molar refractivity (Wildman–Crippen MR) is 65.7 cm³/mol. The fourth-order valence-corrected chi connectivity index (χ4v) is 2.17. The summed E-state index contributed by atoms with van der Waals surface area (Å²) in [5.74, 6) is -0.0778. The molecule has 1 aromatic carbocycles. The van der Waals surface area contributed by atoms with Gasteiger partial charge in [-0.05, 0) is 40.5 Å². The first-order valence-electron chi connectivity index (χ1n) is 5.00. The lowest BCUT2D eigenvalue weighted by atomic mass is 10.2. The Hall–Kier alpha value is -0.580. The highest BCUT2D eigenvalue weighted by Crippen LogP contribution is 2.24. The van der Waals surface area contributed by atoms with E-state index in [1.807, 2.05) is 0 Å². The van der Waals surface area contributed by atoms with Gasteiger partial charge in [0, 0.05) is 23.1 Å². The number of benzene rings is 1. The van der Waals surface area contributed by atoms with Crippen molar-refractivity contribution < 1.29 is 9.90 Å². The Bertz CT molecular complexity index is 424. The van der Waals surface area contributed by atoms with E-state index in [4.69, 9.17) is 11.6 Å². The van der Waals surface area contributed by atoms with Crippen molar-refractivity contribution in [1.29, 1.82) is 0 Å². The largest absolute Gasteiger partial charge is 0.391 e. The molecule has 1 unspecified atom stereocenters. The number of hydrogen-bond acceptors (Lipinski definition) is 2. The molecule has 1 saturated heterocycles. The average molecular weight is 305 g/mol. The summed E-state index contributed by atoms with van der Waals surface area (Å²) < 4.78 is 0.771. The van der Waals surface area contributed by atoms with E-state index in [0.717, 1.165) is 4.47 Å². The maximum absolute atomic E-state index is 12.0. The Morgan fingerprint density at radius 3 is 2.88 bits per heavy atom. The first-order valence-corrected chi connectivity index (χ1v) is 6.17. The molecule has 86 valence electrons. The van der Waals surface area contributed by atoms with Gasteiger partial charge in [0.05, 0.1) is 11.1 Å². The minimum Gasteiger partial charge on any atom is -0.391 e. The van der Waals surface area contributed by atoms with Crippen LogP contribution in [0.1, 0.15) is 16.8 Å². The van der Waals surface area contributed by atoms with Crippen LogP contribution in [-0.2, 0) is 0 Å². The quantitative estimate of drug-likeness (QED) is 0.865. The molecule has 0 aliphatic carbocycles. The number of carbonyl (C=O) groups is 1. The van der Waals surface area contributed by atoms with Crippen molar-refractivity contribution in [3.8, 4) is 0 Å². The molecule has 1 N–H and O–H groups in total. The van der Waals surface area contributed by atoms with Crippen LogP contribution in [0.5, 0.6) is 0 Å². The number of β-amino-alcohol motifs (C(OH)–C–C–N with tert-alkyl or cyclic N) is 1. The summed E-state index contributed by atoms with van der Waals surface area (Å²) in [4.78, 5) is 13.6. The van der Waals surface area contributed by atoms with Gasteiger partial charge in [-0.2, -0.15) is 0 Å². The lowest BCUT2D eigenvalue weighted by Gasteiger charge is -2.15. The van der Waals surface area contributed by atoms with E-state index in [1.54, 1.807) is 23.1 Å². The molecular formula is C11H11BrClNO2. The number of halogens is 2. The van der Waals surface area contributed by atoms with Crippen LogP contribution in [0.2, 0.25) is 5.02 Å². The summed E-state index contributed by atoms with van der Waals surface area (Å²) in [5.41, 5.74) is 0.558. The molecule has 0 aromatic heterocycles. The highest BCUT2D eigenvalue weighted by Gasteiger charge is 2.25. The zero-order valence-electron chi connectivity index (χ0n) is 8.49. The maximum atomic E-state index is 12.0. The Morgan fingerprint density at radius 1 is 1.56 bits per heavy atom. The van der Waals surface area contributed by atoms with E-state index in [1.165, 1.54) is 0 Å². The van der Waals surface area contributed by atoms with Crippen molar-refractivity contribution in [3.63, 3.8) is 0 Å². The van der Waals surface area contributed by atoms with E-state index in [9.17, 15) is 9.90 Å². The molecule has 1 atom stereocenters. The topological polar surface area (TPSA) is 40.5 Å². The van der Waals surface area contributed by atoms with E-state index >= 15 is 0 Å². The Labute approximate surface area is 107 Å². The van der Waals surface area contributed by atoms with Crippen LogP contribution in [0.25, 0.3) is 0 Å². The highest BCUT2D eigenvalue weighted by molar-refractivity contribution is 9.10. The molecule has 0 bridgehead atoms. The van der Waals surface area contributed by atoms with Gasteiger partial charge in [-0.25, -0.2) is 0 Å². The van der Waals surface area contributed by atoms with Gasteiger partial charge in [-0.1, -0.05) is 11.6 Å². The van der Waals surface area contributed by atoms with Crippen LogP contribution in [0.15, 0.2) is 22.7 Å². The van der Waals surface area contributed by atoms with E-state index < -0.39 is 6.10 Å². The molecule has 1 heterocycles. The summed E-state index contributed by atoms with van der Waals surface area (Å²) in [5, 5.41) is 9.89. The minimum absolute atomic E-state index is 0.0778. The molecule has 1 aliphatic rings. The van der Waals surface area contributed by atoms with Crippen LogP contribution in [0, 0.1) is 0 Å². The van der Waals surface area contributed by atoms with Crippen LogP contribution >= 0.6 is 27.5 Å². The van der Waals surface area contributed by atoms with Gasteiger partial charge in [0.2, 0.25) is 0 Å². The lowest BCUT2D eigenvalue weighted by molar-refractivity contribution is 0.0765. The first-order chi connectivity index (χ1) is 7.58. The number of carbonyl (C=O) groups excluding carboxylic acids is 1. The molecule has 1 aromatic rings. The molecule has 0 saturated carbocycles. The lowest BCUT2D eigenvalue weighted by Crippen LogP contribution is -2.29. The van der Waals surface area contributed by atoms with Crippen molar-refractivity contribution in [1.82, 2.24) is 4.90 Å². The van der Waals surface area contributed by atoms with Gasteiger partial charge in [-0.15, -0.1) is 0 Å². The highest BCUT2D eigenvalue weighted by atomic mass is 79.9. The number of aliphatic hydroxyl groups excluding tert-OH is 1. The van der Waals surface area contributed by atoms with Gasteiger partial charge in [0.15, 0.2) is 0 Å². The molecule has 0 spiro atoms. The molecule has 1 aliphatic heterocycles. The van der Waals surface area contributed by atoms with Crippen LogP contribution < -0.4 is 0 Å². The number of rotatable bonds is 1. The van der Waals surface area contributed by atoms with Gasteiger partial charge in [-0.3, -0.25) is 4.79 Å². The van der Waals surface area contributed by atoms with E-state index in [-0.39, 0.29) is 5.91 Å². The summed E-state index contributed by atoms with van der Waals surface area (Å²) in [6.45, 7) is 1.01.